The zero-order valence-electron chi connectivity index (χ0n) is 15.9. The highest BCUT2D eigenvalue weighted by atomic mass is 19.4. The number of aromatic nitrogens is 1. The van der Waals surface area contributed by atoms with Gasteiger partial charge in [0.2, 0.25) is 0 Å². The van der Waals surface area contributed by atoms with Crippen LogP contribution in [0, 0.1) is 5.82 Å². The molecule has 1 heterocycles. The van der Waals surface area contributed by atoms with Crippen LogP contribution in [0.4, 0.5) is 17.6 Å². The molecule has 2 atom stereocenters. The Kier molecular flexibility index (Phi) is 4.65. The Morgan fingerprint density at radius 3 is 2.62 bits per heavy atom. The van der Waals surface area contributed by atoms with Crippen molar-refractivity contribution in [1.29, 1.82) is 0 Å². The summed E-state index contributed by atoms with van der Waals surface area (Å²) in [4.78, 5) is 4.19. The summed E-state index contributed by atoms with van der Waals surface area (Å²) in [5, 5.41) is 11.5. The van der Waals surface area contributed by atoms with E-state index in [1.54, 1.807) is 37.3 Å². The molecule has 0 fully saturated rings. The normalized spacial score (nSPS) is 21.2. The quantitative estimate of drug-likeness (QED) is 0.583. The average molecular weight is 403 g/mol. The number of hydrogen-bond donors (Lipinski definition) is 1. The summed E-state index contributed by atoms with van der Waals surface area (Å²) in [5.74, 6) is -0.479. The van der Waals surface area contributed by atoms with Gasteiger partial charge in [0.1, 0.15) is 5.82 Å². The van der Waals surface area contributed by atoms with Crippen LogP contribution >= 0.6 is 0 Å². The van der Waals surface area contributed by atoms with Crippen LogP contribution in [0.3, 0.4) is 0 Å². The van der Waals surface area contributed by atoms with Crippen molar-refractivity contribution in [3.63, 3.8) is 0 Å². The van der Waals surface area contributed by atoms with Gasteiger partial charge in [-0.05, 0) is 65.6 Å². The minimum atomic E-state index is -4.84. The molecule has 6 heteroatoms. The summed E-state index contributed by atoms with van der Waals surface area (Å²) in [6.45, 7) is 1.68. The first-order chi connectivity index (χ1) is 13.6. The number of rotatable bonds is 4. The van der Waals surface area contributed by atoms with E-state index in [4.69, 9.17) is 0 Å². The third-order valence-electron chi connectivity index (χ3n) is 6.10. The smallest absolute Gasteiger partial charge is 0.380 e. The number of aryl methyl sites for hydroxylation is 1. The molecule has 1 aliphatic carbocycles. The zero-order chi connectivity index (χ0) is 20.9. The first-order valence-electron chi connectivity index (χ1n) is 9.52. The second-order valence-electron chi connectivity index (χ2n) is 8.23. The predicted molar refractivity (Wildman–Crippen MR) is 103 cm³/mol. The average Bonchev–Trinajstić information content (AvgIpc) is 2.97. The minimum absolute atomic E-state index is 0.386. The van der Waals surface area contributed by atoms with Gasteiger partial charge in [0.05, 0.1) is 5.52 Å². The molecular weight excluding hydrogens is 382 g/mol. The number of para-hydroxylation sites is 1. The molecule has 152 valence electrons. The van der Waals surface area contributed by atoms with Gasteiger partial charge in [0.25, 0.3) is 0 Å². The molecule has 4 rings (SSSR count). The van der Waals surface area contributed by atoms with Crippen molar-refractivity contribution in [3.05, 3.63) is 77.2 Å². The first-order valence-corrected chi connectivity index (χ1v) is 9.52. The topological polar surface area (TPSA) is 33.1 Å². The third-order valence-corrected chi connectivity index (χ3v) is 6.10. The number of hydrogen-bond acceptors (Lipinski definition) is 2. The molecule has 1 aromatic heterocycles. The van der Waals surface area contributed by atoms with Crippen LogP contribution in [0.15, 0.2) is 54.7 Å². The van der Waals surface area contributed by atoms with Gasteiger partial charge in [-0.1, -0.05) is 31.2 Å². The van der Waals surface area contributed by atoms with Crippen molar-refractivity contribution < 1.29 is 22.7 Å². The van der Waals surface area contributed by atoms with E-state index in [1.807, 2.05) is 0 Å². The van der Waals surface area contributed by atoms with Crippen LogP contribution in [0.5, 0.6) is 0 Å². The summed E-state index contributed by atoms with van der Waals surface area (Å²) in [5.41, 5.74) is -1.55. The number of nitrogens with zero attached hydrogens (tertiary/aromatic N) is 1. The highest BCUT2D eigenvalue weighted by Crippen LogP contribution is 2.49. The molecule has 0 amide bonds. The monoisotopic (exact) mass is 403 g/mol. The van der Waals surface area contributed by atoms with Gasteiger partial charge in [-0.15, -0.1) is 0 Å². The van der Waals surface area contributed by atoms with E-state index in [0.717, 1.165) is 5.56 Å². The fourth-order valence-electron chi connectivity index (χ4n) is 4.59. The molecule has 2 nitrogen and oxygen atoms in total. The van der Waals surface area contributed by atoms with Crippen molar-refractivity contribution in [3.8, 4) is 0 Å². The van der Waals surface area contributed by atoms with Gasteiger partial charge in [-0.3, -0.25) is 4.98 Å². The molecule has 2 unspecified atom stereocenters. The van der Waals surface area contributed by atoms with Crippen LogP contribution in [0.1, 0.15) is 36.5 Å². The molecule has 0 aliphatic heterocycles. The van der Waals surface area contributed by atoms with Crippen molar-refractivity contribution in [2.75, 3.05) is 0 Å². The van der Waals surface area contributed by atoms with Crippen molar-refractivity contribution in [1.82, 2.24) is 4.98 Å². The fourth-order valence-corrected chi connectivity index (χ4v) is 4.59. The maximum atomic E-state index is 14.1. The Bertz CT molecular complexity index is 1060. The molecule has 0 saturated carbocycles. The van der Waals surface area contributed by atoms with E-state index in [2.05, 4.69) is 4.98 Å². The molecule has 1 N–H and O–H groups in total. The van der Waals surface area contributed by atoms with Crippen molar-refractivity contribution in [2.24, 2.45) is 0 Å². The lowest BCUT2D eigenvalue weighted by molar-refractivity contribution is -0.266. The number of fused-ring (bicyclic) bond motifs is 2. The number of benzene rings is 2. The van der Waals surface area contributed by atoms with E-state index in [9.17, 15) is 22.7 Å². The first kappa shape index (κ1) is 19.8. The summed E-state index contributed by atoms with van der Waals surface area (Å²) in [6, 6.07) is 12.7. The minimum Gasteiger partial charge on any atom is -0.380 e. The van der Waals surface area contributed by atoms with Gasteiger partial charge in [0, 0.05) is 18.0 Å². The lowest BCUT2D eigenvalue weighted by Crippen LogP contribution is -2.51. The Hall–Kier alpha value is -2.47. The van der Waals surface area contributed by atoms with Gasteiger partial charge in [0.15, 0.2) is 5.60 Å². The third kappa shape index (κ3) is 3.50. The van der Waals surface area contributed by atoms with Crippen LogP contribution < -0.4 is 0 Å². The molecule has 2 aromatic carbocycles. The largest absolute Gasteiger partial charge is 0.417 e. The van der Waals surface area contributed by atoms with Crippen molar-refractivity contribution >= 4 is 10.9 Å². The summed E-state index contributed by atoms with van der Waals surface area (Å²) in [7, 11) is 0. The predicted octanol–water partition coefficient (Wildman–Crippen LogP) is 5.50. The molecule has 3 aromatic rings. The van der Waals surface area contributed by atoms with Gasteiger partial charge in [-0.25, -0.2) is 4.39 Å². The van der Waals surface area contributed by atoms with E-state index in [1.165, 1.54) is 24.4 Å². The second-order valence-corrected chi connectivity index (χ2v) is 8.23. The molecule has 29 heavy (non-hydrogen) atoms. The van der Waals surface area contributed by atoms with Gasteiger partial charge in [-0.2, -0.15) is 13.2 Å². The van der Waals surface area contributed by atoms with Gasteiger partial charge < -0.3 is 5.11 Å². The lowest BCUT2D eigenvalue weighted by atomic mass is 9.72. The second kappa shape index (κ2) is 6.80. The maximum Gasteiger partial charge on any atom is 0.417 e. The Labute approximate surface area is 166 Å². The zero-order valence-corrected chi connectivity index (χ0v) is 15.9. The Balaban J connectivity index is 1.75. The molecule has 0 bridgehead atoms. The van der Waals surface area contributed by atoms with Crippen LogP contribution in [-0.2, 0) is 18.3 Å². The summed E-state index contributed by atoms with van der Waals surface area (Å²) < 4.78 is 56.2. The molecule has 0 radical (unpaired) electrons. The van der Waals surface area contributed by atoms with Crippen molar-refractivity contribution in [2.45, 2.75) is 49.8 Å². The highest BCUT2D eigenvalue weighted by molar-refractivity contribution is 5.81. The standard InChI is InChI=1S/C23H21F4NO/c1-21(10-8-15-6-7-17(24)12-19(15)21)14-22(29,23(25,26)27)13-16-9-11-28-20-5-3-2-4-18(16)20/h2-7,9,11-12,29H,8,10,13-14H2,1H3. The summed E-state index contributed by atoms with van der Waals surface area (Å²) >= 11 is 0. The molecular formula is C23H21F4NO. The number of alkyl halides is 3. The maximum absolute atomic E-state index is 14.1. The molecule has 0 saturated heterocycles. The van der Waals surface area contributed by atoms with Gasteiger partial charge >= 0.3 is 6.18 Å². The molecule has 1 aliphatic rings. The molecule has 0 spiro atoms. The van der Waals surface area contributed by atoms with E-state index in [-0.39, 0.29) is 0 Å². The van der Waals surface area contributed by atoms with Crippen LogP contribution in [0.2, 0.25) is 0 Å². The highest BCUT2D eigenvalue weighted by Gasteiger charge is 2.57. The van der Waals surface area contributed by atoms with Crippen LogP contribution in [0.25, 0.3) is 10.9 Å². The van der Waals surface area contributed by atoms with Crippen LogP contribution in [-0.4, -0.2) is 21.9 Å². The number of pyridine rings is 1. The Morgan fingerprint density at radius 2 is 1.86 bits per heavy atom. The summed E-state index contributed by atoms with van der Waals surface area (Å²) in [6.07, 6.45) is -3.50. The Morgan fingerprint density at radius 1 is 1.10 bits per heavy atom. The van der Waals surface area contributed by atoms with E-state index < -0.39 is 35.9 Å². The van der Waals surface area contributed by atoms with E-state index >= 15 is 0 Å². The SMILES string of the molecule is CC1(CC(O)(Cc2ccnc3ccccc23)C(F)(F)F)CCc2ccc(F)cc21. The lowest BCUT2D eigenvalue weighted by Gasteiger charge is -2.38. The van der Waals surface area contributed by atoms with E-state index in [0.29, 0.717) is 34.9 Å². The fraction of sp³-hybridized carbons (Fsp3) is 0.348. The number of halogens is 4. The number of aliphatic hydroxyl groups is 1.